The van der Waals surface area contributed by atoms with E-state index < -0.39 is 11.7 Å². The smallest absolute Gasteiger partial charge is 0.258 e. The second-order valence-electron chi connectivity index (χ2n) is 4.35. The van der Waals surface area contributed by atoms with Gasteiger partial charge in [-0.1, -0.05) is 30.3 Å². The molecule has 1 amide bonds. The van der Waals surface area contributed by atoms with E-state index in [9.17, 15) is 9.18 Å². The van der Waals surface area contributed by atoms with Crippen LogP contribution >= 0.6 is 0 Å². The van der Waals surface area contributed by atoms with Crippen molar-refractivity contribution < 1.29 is 9.18 Å². The average Bonchev–Trinajstić information content (AvgIpc) is 2.47. The third-order valence-corrected chi connectivity index (χ3v) is 2.97. The number of hydrogen-bond donors (Lipinski definition) is 1. The molecule has 0 aliphatic rings. The summed E-state index contributed by atoms with van der Waals surface area (Å²) < 4.78 is 13.5. The summed E-state index contributed by atoms with van der Waals surface area (Å²) >= 11 is 0. The average molecular weight is 266 g/mol. The zero-order chi connectivity index (χ0) is 13.9. The summed E-state index contributed by atoms with van der Waals surface area (Å²) in [7, 11) is 0. The number of para-hydroxylation sites is 1. The maximum Gasteiger partial charge on any atom is 0.258 e. The highest BCUT2D eigenvalue weighted by atomic mass is 19.1. The van der Waals surface area contributed by atoms with Crippen molar-refractivity contribution in [2.24, 2.45) is 0 Å². The number of fused-ring (bicyclic) bond motifs is 1. The number of aromatic nitrogens is 1. The molecule has 0 atom stereocenters. The molecule has 2 aromatic carbocycles. The Morgan fingerprint density at radius 3 is 2.65 bits per heavy atom. The normalized spacial score (nSPS) is 10.4. The maximum atomic E-state index is 13.5. The Morgan fingerprint density at radius 2 is 1.80 bits per heavy atom. The number of amides is 1. The Labute approximate surface area is 115 Å². The van der Waals surface area contributed by atoms with E-state index >= 15 is 0 Å². The number of hydrogen-bond acceptors (Lipinski definition) is 2. The molecule has 98 valence electrons. The minimum atomic E-state index is -0.543. The van der Waals surface area contributed by atoms with E-state index in [0.29, 0.717) is 5.69 Å². The fourth-order valence-corrected chi connectivity index (χ4v) is 1.98. The molecule has 0 radical (unpaired) electrons. The molecule has 0 bridgehead atoms. The molecule has 1 N–H and O–H groups in total. The van der Waals surface area contributed by atoms with Crippen LogP contribution in [0.25, 0.3) is 10.9 Å². The molecule has 0 aliphatic carbocycles. The Morgan fingerprint density at radius 1 is 1.05 bits per heavy atom. The summed E-state index contributed by atoms with van der Waals surface area (Å²) in [6.07, 6.45) is 1.56. The molecular formula is C16H11FN2O. The third-order valence-electron chi connectivity index (χ3n) is 2.97. The van der Waals surface area contributed by atoms with Crippen LogP contribution in [0.1, 0.15) is 10.4 Å². The van der Waals surface area contributed by atoms with Crippen LogP contribution < -0.4 is 5.32 Å². The van der Waals surface area contributed by atoms with Crippen LogP contribution in [0.2, 0.25) is 0 Å². The largest absolute Gasteiger partial charge is 0.320 e. The molecule has 1 heterocycles. The van der Waals surface area contributed by atoms with Gasteiger partial charge in [-0.2, -0.15) is 0 Å². The summed E-state index contributed by atoms with van der Waals surface area (Å²) in [6, 6.07) is 15.3. The first-order valence-corrected chi connectivity index (χ1v) is 6.15. The lowest BCUT2D eigenvalue weighted by atomic mass is 10.2. The zero-order valence-electron chi connectivity index (χ0n) is 10.5. The van der Waals surface area contributed by atoms with Gasteiger partial charge in [-0.05, 0) is 24.3 Å². The van der Waals surface area contributed by atoms with E-state index in [1.165, 1.54) is 12.1 Å². The van der Waals surface area contributed by atoms with Gasteiger partial charge in [0.1, 0.15) is 5.82 Å². The van der Waals surface area contributed by atoms with E-state index in [-0.39, 0.29) is 5.56 Å². The predicted octanol–water partition coefficient (Wildman–Crippen LogP) is 3.63. The maximum absolute atomic E-state index is 13.5. The first kappa shape index (κ1) is 12.3. The first-order valence-electron chi connectivity index (χ1n) is 6.15. The predicted molar refractivity (Wildman–Crippen MR) is 76.1 cm³/mol. The van der Waals surface area contributed by atoms with E-state index in [2.05, 4.69) is 10.3 Å². The number of carbonyl (C=O) groups excluding carboxylic acids is 1. The highest BCUT2D eigenvalue weighted by Gasteiger charge is 2.11. The van der Waals surface area contributed by atoms with Crippen molar-refractivity contribution in [1.82, 2.24) is 4.98 Å². The summed E-state index contributed by atoms with van der Waals surface area (Å²) in [4.78, 5) is 16.2. The molecule has 1 aromatic heterocycles. The van der Waals surface area contributed by atoms with E-state index in [1.54, 1.807) is 24.4 Å². The van der Waals surface area contributed by atoms with Gasteiger partial charge in [-0.3, -0.25) is 9.78 Å². The standard InChI is InChI=1S/C16H11FN2O/c17-14-7-3-2-6-13(14)16(20)19-12-9-11-5-1-4-8-15(11)18-10-12/h1-10H,(H,19,20). The first-order chi connectivity index (χ1) is 9.74. The molecule has 0 unspecified atom stereocenters. The number of anilines is 1. The fourth-order valence-electron chi connectivity index (χ4n) is 1.98. The summed E-state index contributed by atoms with van der Waals surface area (Å²) in [5.74, 6) is -1.03. The second-order valence-corrected chi connectivity index (χ2v) is 4.35. The highest BCUT2D eigenvalue weighted by Crippen LogP contribution is 2.17. The number of halogens is 1. The Hall–Kier alpha value is -2.75. The monoisotopic (exact) mass is 266 g/mol. The molecular weight excluding hydrogens is 255 g/mol. The molecule has 4 heteroatoms. The quantitative estimate of drug-likeness (QED) is 0.769. The Balaban J connectivity index is 1.89. The molecule has 0 aliphatic heterocycles. The molecule has 3 rings (SSSR count). The number of nitrogens with zero attached hydrogens (tertiary/aromatic N) is 1. The summed E-state index contributed by atoms with van der Waals surface area (Å²) in [6.45, 7) is 0. The number of benzene rings is 2. The molecule has 0 spiro atoms. The molecule has 3 nitrogen and oxygen atoms in total. The fraction of sp³-hybridized carbons (Fsp3) is 0. The van der Waals surface area contributed by atoms with Crippen LogP contribution in [0.4, 0.5) is 10.1 Å². The van der Waals surface area contributed by atoms with Crippen molar-refractivity contribution in [3.63, 3.8) is 0 Å². The topological polar surface area (TPSA) is 42.0 Å². The lowest BCUT2D eigenvalue weighted by Crippen LogP contribution is -2.13. The third kappa shape index (κ3) is 2.36. The van der Waals surface area contributed by atoms with E-state index in [1.807, 2.05) is 24.3 Å². The van der Waals surface area contributed by atoms with Gasteiger partial charge < -0.3 is 5.32 Å². The van der Waals surface area contributed by atoms with Crippen molar-refractivity contribution in [3.8, 4) is 0 Å². The van der Waals surface area contributed by atoms with Gasteiger partial charge in [0, 0.05) is 5.39 Å². The van der Waals surface area contributed by atoms with Crippen molar-refractivity contribution in [2.75, 3.05) is 5.32 Å². The number of pyridine rings is 1. The molecule has 0 saturated heterocycles. The lowest BCUT2D eigenvalue weighted by Gasteiger charge is -2.06. The van der Waals surface area contributed by atoms with Crippen LogP contribution in [-0.4, -0.2) is 10.9 Å². The summed E-state index contributed by atoms with van der Waals surface area (Å²) in [5, 5.41) is 3.57. The second kappa shape index (κ2) is 5.09. The van der Waals surface area contributed by atoms with Crippen molar-refractivity contribution in [1.29, 1.82) is 0 Å². The number of nitrogens with one attached hydrogen (secondary N) is 1. The molecule has 20 heavy (non-hydrogen) atoms. The molecule has 0 fully saturated rings. The number of carbonyl (C=O) groups is 1. The van der Waals surface area contributed by atoms with Crippen LogP contribution in [0.15, 0.2) is 60.8 Å². The lowest BCUT2D eigenvalue weighted by molar-refractivity contribution is 0.102. The molecule has 0 saturated carbocycles. The van der Waals surface area contributed by atoms with Crippen molar-refractivity contribution >= 4 is 22.5 Å². The van der Waals surface area contributed by atoms with Crippen LogP contribution in [0.5, 0.6) is 0 Å². The van der Waals surface area contributed by atoms with Gasteiger partial charge in [-0.25, -0.2) is 4.39 Å². The van der Waals surface area contributed by atoms with Gasteiger partial charge in [-0.15, -0.1) is 0 Å². The Kier molecular flexibility index (Phi) is 3.13. The van der Waals surface area contributed by atoms with E-state index in [0.717, 1.165) is 10.9 Å². The highest BCUT2D eigenvalue weighted by molar-refractivity contribution is 6.05. The zero-order valence-corrected chi connectivity index (χ0v) is 10.5. The Bertz CT molecular complexity index is 786. The van der Waals surface area contributed by atoms with Gasteiger partial charge >= 0.3 is 0 Å². The van der Waals surface area contributed by atoms with Gasteiger partial charge in [0.25, 0.3) is 5.91 Å². The van der Waals surface area contributed by atoms with Gasteiger partial charge in [0.15, 0.2) is 0 Å². The summed E-state index contributed by atoms with van der Waals surface area (Å²) in [5.41, 5.74) is 1.40. The minimum Gasteiger partial charge on any atom is -0.320 e. The van der Waals surface area contributed by atoms with Crippen molar-refractivity contribution in [3.05, 3.63) is 72.2 Å². The SMILES string of the molecule is O=C(Nc1cnc2ccccc2c1)c1ccccc1F. The van der Waals surface area contributed by atoms with Crippen LogP contribution in [0, 0.1) is 5.82 Å². The minimum absolute atomic E-state index is 0.0145. The van der Waals surface area contributed by atoms with E-state index in [4.69, 9.17) is 0 Å². The van der Waals surface area contributed by atoms with Gasteiger partial charge in [0.05, 0.1) is 23.0 Å². The van der Waals surface area contributed by atoms with Crippen LogP contribution in [0.3, 0.4) is 0 Å². The molecule has 3 aromatic rings. The van der Waals surface area contributed by atoms with Gasteiger partial charge in [0.2, 0.25) is 0 Å². The van der Waals surface area contributed by atoms with Crippen LogP contribution in [-0.2, 0) is 0 Å². The van der Waals surface area contributed by atoms with Crippen molar-refractivity contribution in [2.45, 2.75) is 0 Å². The number of rotatable bonds is 2.